The topological polar surface area (TPSA) is 307 Å². The van der Waals surface area contributed by atoms with E-state index in [2.05, 4.69) is 92.1 Å². The van der Waals surface area contributed by atoms with Crippen molar-refractivity contribution in [2.75, 3.05) is 26.4 Å². The molecule has 0 saturated carbocycles. The molecule has 0 radical (unpaired) electrons. The van der Waals surface area contributed by atoms with Gasteiger partial charge in [-0.1, -0.05) is 330 Å². The Balaban J connectivity index is 1.34. The highest BCUT2D eigenvalue weighted by molar-refractivity contribution is 5.76. The minimum absolute atomic E-state index is 0.236. The van der Waals surface area contributed by atoms with Gasteiger partial charge in [-0.05, 0) is 77.0 Å². The first-order valence-corrected chi connectivity index (χ1v) is 42.8. The fraction of sp³-hybridized carbons (Fsp3) is 0.828. The van der Waals surface area contributed by atoms with Gasteiger partial charge in [-0.2, -0.15) is 0 Å². The van der Waals surface area contributed by atoms with Gasteiger partial charge in [0.25, 0.3) is 0 Å². The normalized spacial score (nSPS) is 26.1. The predicted molar refractivity (Wildman–Crippen MR) is 424 cm³/mol. The third-order valence-corrected chi connectivity index (χ3v) is 20.9. The summed E-state index contributed by atoms with van der Waals surface area (Å²) in [6.45, 7) is 1.64. The fourth-order valence-corrected chi connectivity index (χ4v) is 14.1. The lowest BCUT2D eigenvalue weighted by Crippen LogP contribution is -2.66. The molecule has 17 unspecified atom stereocenters. The van der Waals surface area contributed by atoms with Gasteiger partial charge in [0.15, 0.2) is 18.9 Å². The van der Waals surface area contributed by atoms with Crippen molar-refractivity contribution in [2.45, 2.75) is 433 Å². The van der Waals surface area contributed by atoms with Crippen LogP contribution in [0.25, 0.3) is 0 Å². The number of carbonyl (C=O) groups is 1. The van der Waals surface area contributed by atoms with Gasteiger partial charge in [0.1, 0.15) is 73.2 Å². The van der Waals surface area contributed by atoms with Crippen molar-refractivity contribution in [1.82, 2.24) is 5.32 Å². The van der Waals surface area contributed by atoms with Crippen LogP contribution in [0.2, 0.25) is 0 Å². The van der Waals surface area contributed by atoms with Crippen LogP contribution in [0, 0.1) is 0 Å². The van der Waals surface area contributed by atoms with Gasteiger partial charge in [-0.3, -0.25) is 4.79 Å². The summed E-state index contributed by atoms with van der Waals surface area (Å²) < 4.78 is 34.5. The van der Waals surface area contributed by atoms with Crippen LogP contribution in [0.1, 0.15) is 328 Å². The average molecular weight is 1500 g/mol. The first-order valence-electron chi connectivity index (χ1n) is 42.8. The number of nitrogens with one attached hydrogen (secondary N) is 1. The summed E-state index contributed by atoms with van der Waals surface area (Å²) in [6, 6.07) is -0.994. The molecule has 0 bridgehead atoms. The molecule has 0 aromatic carbocycles. The Morgan fingerprint density at radius 3 is 1.06 bits per heavy atom. The number of allylic oxidation sites excluding steroid dienone is 13. The Morgan fingerprint density at radius 1 is 0.349 bits per heavy atom. The van der Waals surface area contributed by atoms with Crippen LogP contribution >= 0.6 is 0 Å². The zero-order chi connectivity index (χ0) is 76.7. The molecule has 3 aliphatic rings. The Labute approximate surface area is 641 Å². The van der Waals surface area contributed by atoms with E-state index in [-0.39, 0.29) is 18.9 Å². The molecule has 19 heteroatoms. The number of rotatable bonds is 68. The summed E-state index contributed by atoms with van der Waals surface area (Å²) in [4.78, 5) is 13.5. The fourth-order valence-electron chi connectivity index (χ4n) is 14.1. The van der Waals surface area contributed by atoms with E-state index in [1.54, 1.807) is 6.08 Å². The van der Waals surface area contributed by atoms with E-state index in [0.717, 1.165) is 70.6 Å². The standard InChI is InChI=1S/C87H155NO18/c1-3-5-7-9-11-13-15-17-19-21-23-25-27-29-30-31-32-33-34-35-36-37-38-39-40-41-43-45-47-49-51-53-55-57-59-61-63-65-75(93)88-70(71(92)64-62-60-58-56-54-52-50-48-46-44-42-28-26-24-22-20-18-16-14-12-10-8-6-4-2)69-101-85-81(99)78(96)83(73(67-90)103-85)106-87-82(100)79(97)84(74(68-91)104-87)105-86-80(98)77(95)76(94)72(66-89)102-86/h5,7,11,13,17,19,23,25,29-30,54,56,62,64,70-74,76-87,89-92,94-100H,3-4,6,8-10,12,14-16,18,20-22,24,26-28,31-53,55,57-61,63,65-69H2,1-2H3,(H,88,93)/b7-5-,13-11-,19-17-,25-23-,30-29-,56-54+,64-62+. The number of aliphatic hydroxyl groups excluding tert-OH is 11. The smallest absolute Gasteiger partial charge is 0.220 e. The molecule has 3 aliphatic heterocycles. The molecule has 3 rings (SSSR count). The Morgan fingerprint density at radius 2 is 0.660 bits per heavy atom. The van der Waals surface area contributed by atoms with Crippen molar-refractivity contribution < 1.29 is 89.4 Å². The molecule has 19 nitrogen and oxygen atoms in total. The van der Waals surface area contributed by atoms with Crippen LogP contribution in [-0.2, 0) is 33.2 Å². The molecule has 3 fully saturated rings. The Bertz CT molecular complexity index is 2240. The second-order valence-corrected chi connectivity index (χ2v) is 30.3. The lowest BCUT2D eigenvalue weighted by Gasteiger charge is -2.48. The molecule has 3 saturated heterocycles. The molecule has 106 heavy (non-hydrogen) atoms. The number of aliphatic hydroxyl groups is 11. The van der Waals surface area contributed by atoms with Crippen molar-refractivity contribution in [3.63, 3.8) is 0 Å². The zero-order valence-corrected chi connectivity index (χ0v) is 66.2. The average Bonchev–Trinajstić information content (AvgIpc) is 0.780. The molecular formula is C87H155NO18. The second kappa shape index (κ2) is 66.6. The minimum Gasteiger partial charge on any atom is -0.394 e. The lowest BCUT2D eigenvalue weighted by molar-refractivity contribution is -0.379. The minimum atomic E-state index is -1.98. The lowest BCUT2D eigenvalue weighted by atomic mass is 9.96. The predicted octanol–water partition coefficient (Wildman–Crippen LogP) is 15.3. The third kappa shape index (κ3) is 45.5. The van der Waals surface area contributed by atoms with Crippen LogP contribution in [0.3, 0.4) is 0 Å². The molecule has 17 atom stereocenters. The number of ether oxygens (including phenoxy) is 6. The third-order valence-electron chi connectivity index (χ3n) is 20.9. The molecule has 12 N–H and O–H groups in total. The maximum absolute atomic E-state index is 13.5. The van der Waals surface area contributed by atoms with Gasteiger partial charge in [-0.15, -0.1) is 0 Å². The summed E-state index contributed by atoms with van der Waals surface area (Å²) in [6.07, 6.45) is 63.0. The number of amides is 1. The van der Waals surface area contributed by atoms with Crippen molar-refractivity contribution in [1.29, 1.82) is 0 Å². The van der Waals surface area contributed by atoms with Crippen LogP contribution in [-0.4, -0.2) is 193 Å². The van der Waals surface area contributed by atoms with E-state index in [4.69, 9.17) is 28.4 Å². The molecule has 0 spiro atoms. The van der Waals surface area contributed by atoms with Gasteiger partial charge in [0.05, 0.1) is 38.6 Å². The number of hydrogen-bond donors (Lipinski definition) is 12. The number of unbranched alkanes of at least 4 members (excludes halogenated alkanes) is 40. The highest BCUT2D eigenvalue weighted by Crippen LogP contribution is 2.33. The summed E-state index contributed by atoms with van der Waals surface area (Å²) in [7, 11) is 0. The van der Waals surface area contributed by atoms with Crippen molar-refractivity contribution >= 4 is 5.91 Å². The maximum Gasteiger partial charge on any atom is 0.220 e. The van der Waals surface area contributed by atoms with Crippen LogP contribution in [0.15, 0.2) is 85.1 Å². The summed E-state index contributed by atoms with van der Waals surface area (Å²) in [5.41, 5.74) is 0. The van der Waals surface area contributed by atoms with E-state index < -0.39 is 124 Å². The van der Waals surface area contributed by atoms with Crippen molar-refractivity contribution in [2.24, 2.45) is 0 Å². The number of carbonyl (C=O) groups excluding carboxylic acids is 1. The molecule has 3 heterocycles. The van der Waals surface area contributed by atoms with Crippen LogP contribution < -0.4 is 5.32 Å². The molecule has 0 aromatic rings. The van der Waals surface area contributed by atoms with Crippen molar-refractivity contribution in [3.05, 3.63) is 85.1 Å². The van der Waals surface area contributed by atoms with Crippen molar-refractivity contribution in [3.8, 4) is 0 Å². The van der Waals surface area contributed by atoms with Gasteiger partial charge in [-0.25, -0.2) is 0 Å². The first-order chi connectivity index (χ1) is 51.8. The zero-order valence-electron chi connectivity index (χ0n) is 66.2. The Hall–Kier alpha value is -3.03. The molecule has 0 aromatic heterocycles. The summed E-state index contributed by atoms with van der Waals surface area (Å²) in [5.74, 6) is -0.281. The molecule has 0 aliphatic carbocycles. The van der Waals surface area contributed by atoms with Gasteiger partial charge in [0, 0.05) is 6.42 Å². The maximum atomic E-state index is 13.5. The highest BCUT2D eigenvalue weighted by atomic mass is 16.8. The number of hydrogen-bond acceptors (Lipinski definition) is 18. The molecule has 1 amide bonds. The van der Waals surface area contributed by atoms with E-state index in [1.165, 1.54) is 225 Å². The molecule has 616 valence electrons. The van der Waals surface area contributed by atoms with E-state index in [0.29, 0.717) is 12.8 Å². The van der Waals surface area contributed by atoms with Crippen LogP contribution in [0.5, 0.6) is 0 Å². The second-order valence-electron chi connectivity index (χ2n) is 30.3. The quantitative estimate of drug-likeness (QED) is 0.0199. The molecular weight excluding hydrogens is 1350 g/mol. The summed E-state index contributed by atoms with van der Waals surface area (Å²) >= 11 is 0. The van der Waals surface area contributed by atoms with E-state index >= 15 is 0 Å². The van der Waals surface area contributed by atoms with Gasteiger partial charge >= 0.3 is 0 Å². The van der Waals surface area contributed by atoms with Gasteiger partial charge < -0.3 is 89.9 Å². The first kappa shape index (κ1) is 97.2. The monoisotopic (exact) mass is 1500 g/mol. The Kier molecular flexibility index (Phi) is 61.0. The highest BCUT2D eigenvalue weighted by Gasteiger charge is 2.54. The largest absolute Gasteiger partial charge is 0.394 e. The van der Waals surface area contributed by atoms with E-state index in [9.17, 15) is 61.0 Å². The van der Waals surface area contributed by atoms with Gasteiger partial charge in [0.2, 0.25) is 5.91 Å². The SMILES string of the molecule is CC/C=C\C/C=C\C/C=C\C/C=C\C/C=C\CCCCCCCCCCCCCCCCCCCCCCCC(=O)NC(COC1OC(CO)C(OC2OC(CO)C(OC3OC(CO)C(O)C(O)C3O)C(O)C2O)C(O)C1O)C(O)/C=C/CC/C=C/CCCCCCCCCCCCCCCCCCCC. The van der Waals surface area contributed by atoms with Crippen LogP contribution in [0.4, 0.5) is 0 Å². The summed E-state index contributed by atoms with van der Waals surface area (Å²) in [5, 5.41) is 121. The van der Waals surface area contributed by atoms with E-state index in [1.807, 2.05) is 6.08 Å².